The van der Waals surface area contributed by atoms with E-state index in [9.17, 15) is 4.79 Å². The van der Waals surface area contributed by atoms with Gasteiger partial charge in [-0.05, 0) is 64.2 Å². The average molecular weight is 300 g/mol. The second-order valence-electron chi connectivity index (χ2n) is 7.25. The van der Waals surface area contributed by atoms with E-state index < -0.39 is 5.60 Å². The third-order valence-corrected chi connectivity index (χ3v) is 4.31. The standard InChI is InChI=1S/C18H24N2O2/c1-12-6-5-9-19-16(12)13-10-14-7-8-15(11-13)20(14)17(21)22-18(2,3)4/h5-6,9-10,14-15H,7-8,11H2,1-4H3. The molecule has 2 bridgehead atoms. The minimum absolute atomic E-state index is 0.144. The van der Waals surface area contributed by atoms with Crippen LogP contribution >= 0.6 is 0 Å². The van der Waals surface area contributed by atoms with E-state index in [1.165, 1.54) is 11.1 Å². The van der Waals surface area contributed by atoms with Crippen LogP contribution in [0.1, 0.15) is 51.3 Å². The molecule has 4 heteroatoms. The van der Waals surface area contributed by atoms with Gasteiger partial charge in [-0.3, -0.25) is 9.88 Å². The molecular weight excluding hydrogens is 276 g/mol. The van der Waals surface area contributed by atoms with Crippen molar-refractivity contribution in [2.75, 3.05) is 0 Å². The third kappa shape index (κ3) is 2.87. The van der Waals surface area contributed by atoms with Crippen LogP contribution in [0.15, 0.2) is 24.4 Å². The van der Waals surface area contributed by atoms with Crippen LogP contribution in [0.5, 0.6) is 0 Å². The van der Waals surface area contributed by atoms with Gasteiger partial charge in [0.05, 0.1) is 11.7 Å². The summed E-state index contributed by atoms with van der Waals surface area (Å²) >= 11 is 0. The Morgan fingerprint density at radius 2 is 2.14 bits per heavy atom. The zero-order valence-electron chi connectivity index (χ0n) is 13.8. The van der Waals surface area contributed by atoms with E-state index in [0.29, 0.717) is 0 Å². The molecule has 1 saturated heterocycles. The summed E-state index contributed by atoms with van der Waals surface area (Å²) in [4.78, 5) is 18.9. The molecule has 1 aromatic rings. The number of pyridine rings is 1. The summed E-state index contributed by atoms with van der Waals surface area (Å²) in [6.07, 6.45) is 6.78. The maximum Gasteiger partial charge on any atom is 0.411 e. The molecule has 2 aliphatic heterocycles. The van der Waals surface area contributed by atoms with E-state index >= 15 is 0 Å². The van der Waals surface area contributed by atoms with Gasteiger partial charge in [-0.1, -0.05) is 12.1 Å². The topological polar surface area (TPSA) is 42.4 Å². The summed E-state index contributed by atoms with van der Waals surface area (Å²) < 4.78 is 5.56. The van der Waals surface area contributed by atoms with E-state index in [4.69, 9.17) is 4.74 Å². The molecule has 4 nitrogen and oxygen atoms in total. The Bertz CT molecular complexity index is 616. The molecule has 0 aromatic carbocycles. The number of hydrogen-bond acceptors (Lipinski definition) is 3. The summed E-state index contributed by atoms with van der Waals surface area (Å²) in [6.45, 7) is 7.82. The van der Waals surface area contributed by atoms with E-state index in [0.717, 1.165) is 25.0 Å². The Morgan fingerprint density at radius 1 is 1.36 bits per heavy atom. The number of carbonyl (C=O) groups is 1. The Morgan fingerprint density at radius 3 is 2.77 bits per heavy atom. The molecule has 0 N–H and O–H groups in total. The van der Waals surface area contributed by atoms with Gasteiger partial charge in [0.2, 0.25) is 0 Å². The number of fused-ring (bicyclic) bond motifs is 2. The van der Waals surface area contributed by atoms with E-state index in [1.54, 1.807) is 0 Å². The van der Waals surface area contributed by atoms with Crippen LogP contribution in [0.3, 0.4) is 0 Å². The van der Waals surface area contributed by atoms with Gasteiger partial charge in [-0.2, -0.15) is 0 Å². The summed E-state index contributed by atoms with van der Waals surface area (Å²) in [5, 5.41) is 0. The molecule has 1 amide bonds. The fraction of sp³-hybridized carbons (Fsp3) is 0.556. The minimum atomic E-state index is -0.446. The Balaban J connectivity index is 1.84. The molecule has 0 spiro atoms. The molecule has 3 rings (SSSR count). The summed E-state index contributed by atoms with van der Waals surface area (Å²) in [5.41, 5.74) is 3.09. The van der Waals surface area contributed by atoms with Gasteiger partial charge >= 0.3 is 6.09 Å². The first-order chi connectivity index (χ1) is 10.3. The van der Waals surface area contributed by atoms with Crippen molar-refractivity contribution >= 4 is 11.7 Å². The SMILES string of the molecule is Cc1cccnc1C1=CC2CCC(C1)N2C(=O)OC(C)(C)C. The van der Waals surface area contributed by atoms with Crippen molar-refractivity contribution in [1.29, 1.82) is 0 Å². The lowest BCUT2D eigenvalue weighted by molar-refractivity contribution is 0.0175. The number of aryl methyl sites for hydroxylation is 1. The molecule has 0 radical (unpaired) electrons. The van der Waals surface area contributed by atoms with E-state index in [-0.39, 0.29) is 18.2 Å². The number of ether oxygens (including phenoxy) is 1. The molecule has 22 heavy (non-hydrogen) atoms. The molecule has 0 aliphatic carbocycles. The monoisotopic (exact) mass is 300 g/mol. The van der Waals surface area contributed by atoms with Crippen molar-refractivity contribution in [3.8, 4) is 0 Å². The van der Waals surface area contributed by atoms with Gasteiger partial charge in [-0.15, -0.1) is 0 Å². The van der Waals surface area contributed by atoms with Crippen molar-refractivity contribution in [3.63, 3.8) is 0 Å². The van der Waals surface area contributed by atoms with Gasteiger partial charge in [0, 0.05) is 12.2 Å². The second-order valence-corrected chi connectivity index (χ2v) is 7.25. The highest BCUT2D eigenvalue weighted by Crippen LogP contribution is 2.39. The lowest BCUT2D eigenvalue weighted by atomic mass is 9.96. The van der Waals surface area contributed by atoms with Crippen molar-refractivity contribution in [2.24, 2.45) is 0 Å². The Hall–Kier alpha value is -1.84. The number of amides is 1. The number of aromatic nitrogens is 1. The highest BCUT2D eigenvalue weighted by atomic mass is 16.6. The lowest BCUT2D eigenvalue weighted by Crippen LogP contribution is -2.45. The van der Waals surface area contributed by atoms with E-state index in [1.807, 2.05) is 37.9 Å². The van der Waals surface area contributed by atoms with Crippen molar-refractivity contribution < 1.29 is 9.53 Å². The van der Waals surface area contributed by atoms with Gasteiger partial charge in [0.1, 0.15) is 5.60 Å². The molecule has 3 heterocycles. The second kappa shape index (κ2) is 5.41. The molecule has 0 saturated carbocycles. The zero-order valence-corrected chi connectivity index (χ0v) is 13.8. The maximum atomic E-state index is 12.4. The van der Waals surface area contributed by atoms with Crippen molar-refractivity contribution in [2.45, 2.75) is 64.6 Å². The van der Waals surface area contributed by atoms with Crippen LogP contribution in [0.25, 0.3) is 5.57 Å². The van der Waals surface area contributed by atoms with Crippen molar-refractivity contribution in [1.82, 2.24) is 9.88 Å². The van der Waals surface area contributed by atoms with Gasteiger partial charge < -0.3 is 4.74 Å². The van der Waals surface area contributed by atoms with E-state index in [2.05, 4.69) is 24.1 Å². The van der Waals surface area contributed by atoms with Crippen molar-refractivity contribution in [3.05, 3.63) is 35.7 Å². The fourth-order valence-electron chi connectivity index (χ4n) is 3.43. The summed E-state index contributed by atoms with van der Waals surface area (Å²) in [7, 11) is 0. The zero-order chi connectivity index (χ0) is 15.9. The third-order valence-electron chi connectivity index (χ3n) is 4.31. The van der Waals surface area contributed by atoms with Crippen LogP contribution in [0.2, 0.25) is 0 Å². The van der Waals surface area contributed by atoms with Gasteiger partial charge in [0.15, 0.2) is 0 Å². The maximum absolute atomic E-state index is 12.4. The molecule has 2 aliphatic rings. The average Bonchev–Trinajstić information content (AvgIpc) is 2.68. The molecular formula is C18H24N2O2. The fourth-order valence-corrected chi connectivity index (χ4v) is 3.43. The number of carbonyl (C=O) groups excluding carboxylic acids is 1. The first kappa shape index (κ1) is 15.1. The van der Waals surface area contributed by atoms with Crippen LogP contribution in [0, 0.1) is 6.92 Å². The largest absolute Gasteiger partial charge is 0.444 e. The molecule has 2 unspecified atom stereocenters. The quantitative estimate of drug-likeness (QED) is 0.788. The number of hydrogen-bond donors (Lipinski definition) is 0. The molecule has 2 atom stereocenters. The smallest absolute Gasteiger partial charge is 0.411 e. The first-order valence-corrected chi connectivity index (χ1v) is 7.99. The first-order valence-electron chi connectivity index (χ1n) is 7.99. The highest BCUT2D eigenvalue weighted by molar-refractivity contribution is 5.75. The minimum Gasteiger partial charge on any atom is -0.444 e. The van der Waals surface area contributed by atoms with Crippen LogP contribution < -0.4 is 0 Å². The van der Waals surface area contributed by atoms with Crippen LogP contribution in [0.4, 0.5) is 4.79 Å². The summed E-state index contributed by atoms with van der Waals surface area (Å²) in [6, 6.07) is 4.43. The predicted octanol–water partition coefficient (Wildman–Crippen LogP) is 3.95. The van der Waals surface area contributed by atoms with Gasteiger partial charge in [-0.25, -0.2) is 4.79 Å². The van der Waals surface area contributed by atoms with Crippen LogP contribution in [-0.2, 0) is 4.74 Å². The van der Waals surface area contributed by atoms with Crippen LogP contribution in [-0.4, -0.2) is 33.7 Å². The summed E-state index contributed by atoms with van der Waals surface area (Å²) in [5.74, 6) is 0. The van der Waals surface area contributed by atoms with Gasteiger partial charge in [0.25, 0.3) is 0 Å². The lowest BCUT2D eigenvalue weighted by Gasteiger charge is -2.35. The molecule has 1 aromatic heterocycles. The number of rotatable bonds is 1. The molecule has 1 fully saturated rings. The predicted molar refractivity (Wildman–Crippen MR) is 86.5 cm³/mol. The number of nitrogens with zero attached hydrogens (tertiary/aromatic N) is 2. The highest BCUT2D eigenvalue weighted by Gasteiger charge is 2.41. The Labute approximate surface area is 132 Å². The molecule has 118 valence electrons. The Kier molecular flexibility index (Phi) is 3.71. The normalized spacial score (nSPS) is 24.2.